The summed E-state index contributed by atoms with van der Waals surface area (Å²) in [5.74, 6) is 0.0834. The smallest absolute Gasteiger partial charge is 0.272 e. The fourth-order valence-electron chi connectivity index (χ4n) is 3.23. The van der Waals surface area contributed by atoms with Crippen LogP contribution in [0, 0.1) is 6.92 Å². The highest BCUT2D eigenvalue weighted by molar-refractivity contribution is 5.92. The van der Waals surface area contributed by atoms with Crippen molar-refractivity contribution in [3.63, 3.8) is 0 Å². The van der Waals surface area contributed by atoms with Gasteiger partial charge in [-0.2, -0.15) is 5.10 Å². The topological polar surface area (TPSA) is 41.4 Å². The lowest BCUT2D eigenvalue weighted by Crippen LogP contribution is -2.49. The summed E-state index contributed by atoms with van der Waals surface area (Å²) in [4.78, 5) is 17.0. The first-order valence-electron chi connectivity index (χ1n) is 8.15. The maximum absolute atomic E-state index is 12.6. The van der Waals surface area contributed by atoms with Crippen LogP contribution >= 0.6 is 0 Å². The van der Waals surface area contributed by atoms with Crippen molar-refractivity contribution in [1.29, 1.82) is 0 Å². The molecule has 1 atom stereocenters. The SMILES string of the molecule is Cc1cc(C(=O)N2CCN(C(C)c3ccccc3)CC2)n(C)n1. The van der Waals surface area contributed by atoms with E-state index in [2.05, 4.69) is 41.2 Å². The second-order valence-corrected chi connectivity index (χ2v) is 6.21. The van der Waals surface area contributed by atoms with Gasteiger partial charge in [0.25, 0.3) is 5.91 Å². The summed E-state index contributed by atoms with van der Waals surface area (Å²) < 4.78 is 1.68. The molecule has 0 spiro atoms. The number of hydrogen-bond acceptors (Lipinski definition) is 3. The van der Waals surface area contributed by atoms with E-state index >= 15 is 0 Å². The maximum atomic E-state index is 12.6. The van der Waals surface area contributed by atoms with Gasteiger partial charge in [0.1, 0.15) is 5.69 Å². The average molecular weight is 312 g/mol. The minimum atomic E-state index is 0.0834. The Morgan fingerprint density at radius 2 is 1.78 bits per heavy atom. The van der Waals surface area contributed by atoms with Crippen LogP contribution in [0.25, 0.3) is 0 Å². The molecule has 0 bridgehead atoms. The number of benzene rings is 1. The molecule has 2 heterocycles. The van der Waals surface area contributed by atoms with Crippen LogP contribution in [0.15, 0.2) is 36.4 Å². The molecule has 0 N–H and O–H groups in total. The average Bonchev–Trinajstić information content (AvgIpc) is 2.93. The van der Waals surface area contributed by atoms with Gasteiger partial charge >= 0.3 is 0 Å². The molecule has 1 aromatic carbocycles. The molecule has 23 heavy (non-hydrogen) atoms. The third-order valence-corrected chi connectivity index (χ3v) is 4.65. The van der Waals surface area contributed by atoms with E-state index in [0.717, 1.165) is 31.9 Å². The summed E-state index contributed by atoms with van der Waals surface area (Å²) >= 11 is 0. The monoisotopic (exact) mass is 312 g/mol. The first kappa shape index (κ1) is 15.7. The highest BCUT2D eigenvalue weighted by atomic mass is 16.2. The Bertz CT molecular complexity index is 672. The van der Waals surface area contributed by atoms with Gasteiger partial charge in [-0.25, -0.2) is 0 Å². The zero-order chi connectivity index (χ0) is 16.4. The summed E-state index contributed by atoms with van der Waals surface area (Å²) in [5, 5.41) is 4.27. The van der Waals surface area contributed by atoms with Gasteiger partial charge in [0.05, 0.1) is 5.69 Å². The number of piperazine rings is 1. The minimum absolute atomic E-state index is 0.0834. The molecule has 0 aliphatic carbocycles. The van der Waals surface area contributed by atoms with E-state index in [1.165, 1.54) is 5.56 Å². The second-order valence-electron chi connectivity index (χ2n) is 6.21. The van der Waals surface area contributed by atoms with Gasteiger partial charge in [-0.15, -0.1) is 0 Å². The number of aryl methyl sites for hydroxylation is 2. The van der Waals surface area contributed by atoms with E-state index in [-0.39, 0.29) is 5.91 Å². The van der Waals surface area contributed by atoms with E-state index in [9.17, 15) is 4.79 Å². The molecule has 1 aromatic heterocycles. The van der Waals surface area contributed by atoms with Gasteiger partial charge in [-0.1, -0.05) is 30.3 Å². The van der Waals surface area contributed by atoms with Gasteiger partial charge in [0.2, 0.25) is 0 Å². The number of hydrogen-bond donors (Lipinski definition) is 0. The lowest BCUT2D eigenvalue weighted by atomic mass is 10.1. The Kier molecular flexibility index (Phi) is 4.48. The van der Waals surface area contributed by atoms with Crippen molar-refractivity contribution in [2.75, 3.05) is 26.2 Å². The third kappa shape index (κ3) is 3.29. The molecular formula is C18H24N4O. The zero-order valence-corrected chi connectivity index (χ0v) is 14.1. The van der Waals surface area contributed by atoms with Crippen molar-refractivity contribution in [1.82, 2.24) is 19.6 Å². The van der Waals surface area contributed by atoms with Crippen LogP contribution in [0.4, 0.5) is 0 Å². The summed E-state index contributed by atoms with van der Waals surface area (Å²) in [7, 11) is 1.83. The second kappa shape index (κ2) is 6.54. The van der Waals surface area contributed by atoms with E-state index in [4.69, 9.17) is 0 Å². The van der Waals surface area contributed by atoms with Crippen molar-refractivity contribution in [2.45, 2.75) is 19.9 Å². The number of nitrogens with zero attached hydrogens (tertiary/aromatic N) is 4. The predicted molar refractivity (Wildman–Crippen MR) is 90.3 cm³/mol. The molecule has 2 aromatic rings. The van der Waals surface area contributed by atoms with E-state index < -0.39 is 0 Å². The van der Waals surface area contributed by atoms with Crippen LogP contribution < -0.4 is 0 Å². The van der Waals surface area contributed by atoms with Gasteiger partial charge in [0, 0.05) is 39.3 Å². The highest BCUT2D eigenvalue weighted by Crippen LogP contribution is 2.21. The predicted octanol–water partition coefficient (Wildman–Crippen LogP) is 2.25. The zero-order valence-electron chi connectivity index (χ0n) is 14.1. The van der Waals surface area contributed by atoms with Crippen molar-refractivity contribution in [3.05, 3.63) is 53.3 Å². The molecule has 1 unspecified atom stereocenters. The molecule has 1 aliphatic heterocycles. The molecule has 1 saturated heterocycles. The van der Waals surface area contributed by atoms with E-state index in [1.807, 2.05) is 31.0 Å². The fraction of sp³-hybridized carbons (Fsp3) is 0.444. The summed E-state index contributed by atoms with van der Waals surface area (Å²) in [6.07, 6.45) is 0. The van der Waals surface area contributed by atoms with Crippen molar-refractivity contribution in [2.24, 2.45) is 7.05 Å². The standard InChI is InChI=1S/C18H24N4O/c1-14-13-17(20(3)19-14)18(23)22-11-9-21(10-12-22)15(2)16-7-5-4-6-8-16/h4-8,13,15H,9-12H2,1-3H3. The highest BCUT2D eigenvalue weighted by Gasteiger charge is 2.26. The molecule has 1 aliphatic rings. The largest absolute Gasteiger partial charge is 0.335 e. The van der Waals surface area contributed by atoms with Crippen LogP contribution in [0.1, 0.15) is 34.7 Å². The minimum Gasteiger partial charge on any atom is -0.335 e. The normalized spacial score (nSPS) is 17.3. The number of rotatable bonds is 3. The lowest BCUT2D eigenvalue weighted by Gasteiger charge is -2.38. The summed E-state index contributed by atoms with van der Waals surface area (Å²) in [6.45, 7) is 7.48. The molecule has 3 rings (SSSR count). The van der Waals surface area contributed by atoms with Crippen LogP contribution in [0.2, 0.25) is 0 Å². The molecule has 1 amide bonds. The van der Waals surface area contributed by atoms with Crippen molar-refractivity contribution in [3.8, 4) is 0 Å². The first-order chi connectivity index (χ1) is 11.1. The third-order valence-electron chi connectivity index (χ3n) is 4.65. The maximum Gasteiger partial charge on any atom is 0.272 e. The van der Waals surface area contributed by atoms with Crippen LogP contribution in [0.3, 0.4) is 0 Å². The van der Waals surface area contributed by atoms with Gasteiger partial charge in [-0.3, -0.25) is 14.4 Å². The quantitative estimate of drug-likeness (QED) is 0.873. The van der Waals surface area contributed by atoms with Gasteiger partial charge in [-0.05, 0) is 25.5 Å². The lowest BCUT2D eigenvalue weighted by molar-refractivity contribution is 0.0572. The molecule has 122 valence electrons. The van der Waals surface area contributed by atoms with E-state index in [1.54, 1.807) is 4.68 Å². The Balaban J connectivity index is 1.62. The van der Waals surface area contributed by atoms with Crippen molar-refractivity contribution < 1.29 is 4.79 Å². The molecular weight excluding hydrogens is 288 g/mol. The van der Waals surface area contributed by atoms with Crippen LogP contribution in [0.5, 0.6) is 0 Å². The molecule has 1 fully saturated rings. The van der Waals surface area contributed by atoms with Gasteiger partial charge < -0.3 is 4.90 Å². The Morgan fingerprint density at radius 3 is 2.35 bits per heavy atom. The van der Waals surface area contributed by atoms with Gasteiger partial charge in [0.15, 0.2) is 0 Å². The summed E-state index contributed by atoms with van der Waals surface area (Å²) in [6, 6.07) is 12.8. The fourth-order valence-corrected chi connectivity index (χ4v) is 3.23. The molecule has 0 radical (unpaired) electrons. The Labute approximate surface area is 137 Å². The van der Waals surface area contributed by atoms with Crippen molar-refractivity contribution >= 4 is 5.91 Å². The molecule has 5 heteroatoms. The number of amides is 1. The Hall–Kier alpha value is -2.14. The summed E-state index contributed by atoms with van der Waals surface area (Å²) in [5.41, 5.74) is 2.88. The Morgan fingerprint density at radius 1 is 1.13 bits per heavy atom. The van der Waals surface area contributed by atoms with Crippen LogP contribution in [-0.4, -0.2) is 51.7 Å². The van der Waals surface area contributed by atoms with E-state index in [0.29, 0.717) is 11.7 Å². The first-order valence-corrected chi connectivity index (χ1v) is 8.15. The number of aromatic nitrogens is 2. The molecule has 0 saturated carbocycles. The van der Waals surface area contributed by atoms with Crippen LogP contribution in [-0.2, 0) is 7.05 Å². The molecule has 5 nitrogen and oxygen atoms in total. The number of carbonyl (C=O) groups excluding carboxylic acids is 1. The number of carbonyl (C=O) groups is 1.